The maximum absolute atomic E-state index is 13.6. The zero-order chi connectivity index (χ0) is 21.4. The molecule has 0 aliphatic rings. The third-order valence-corrected chi connectivity index (χ3v) is 4.68. The van der Waals surface area contributed by atoms with Gasteiger partial charge in [0.2, 0.25) is 5.88 Å². The Kier molecular flexibility index (Phi) is 7.33. The van der Waals surface area contributed by atoms with Crippen LogP contribution in [0.3, 0.4) is 0 Å². The molecule has 0 fully saturated rings. The highest BCUT2D eigenvalue weighted by molar-refractivity contribution is 5.34. The number of para-hydroxylation sites is 1. The summed E-state index contributed by atoms with van der Waals surface area (Å²) in [7, 11) is 0. The Morgan fingerprint density at radius 1 is 0.933 bits per heavy atom. The summed E-state index contributed by atoms with van der Waals surface area (Å²) in [6, 6.07) is 19.8. The molecule has 158 valence electrons. The van der Waals surface area contributed by atoms with Crippen LogP contribution < -0.4 is 9.47 Å². The van der Waals surface area contributed by atoms with Gasteiger partial charge in [-0.15, -0.1) is 0 Å². The second-order valence-corrected chi connectivity index (χ2v) is 6.91. The fraction of sp³-hybridized carbons (Fsp3) is 0.292. The van der Waals surface area contributed by atoms with E-state index >= 15 is 0 Å². The average Bonchev–Trinajstić information content (AvgIpc) is 2.72. The molecule has 30 heavy (non-hydrogen) atoms. The number of aromatic nitrogens is 1. The van der Waals surface area contributed by atoms with Crippen LogP contribution in [0.4, 0.5) is 13.2 Å². The van der Waals surface area contributed by atoms with Gasteiger partial charge in [-0.2, -0.15) is 13.2 Å². The Morgan fingerprint density at radius 2 is 1.70 bits per heavy atom. The van der Waals surface area contributed by atoms with Crippen molar-refractivity contribution in [3.8, 4) is 17.4 Å². The summed E-state index contributed by atoms with van der Waals surface area (Å²) in [5.74, 6) is 0.165. The number of aryl methyl sites for hydroxylation is 1. The minimum Gasteiger partial charge on any atom is -0.478 e. The Morgan fingerprint density at radius 3 is 2.37 bits per heavy atom. The van der Waals surface area contributed by atoms with Crippen LogP contribution in [0.15, 0.2) is 72.9 Å². The Bertz CT molecular complexity index is 912. The first-order chi connectivity index (χ1) is 14.5. The van der Waals surface area contributed by atoms with Gasteiger partial charge in [-0.3, -0.25) is 0 Å². The van der Waals surface area contributed by atoms with Crippen LogP contribution in [0.25, 0.3) is 0 Å². The number of ether oxygens (including phenoxy) is 2. The van der Waals surface area contributed by atoms with Crippen LogP contribution in [-0.4, -0.2) is 17.8 Å². The molecule has 0 saturated heterocycles. The van der Waals surface area contributed by atoms with E-state index in [-0.39, 0.29) is 12.0 Å². The van der Waals surface area contributed by atoms with Gasteiger partial charge in [0, 0.05) is 12.3 Å². The maximum Gasteiger partial charge on any atom is 0.395 e. The highest BCUT2D eigenvalue weighted by Crippen LogP contribution is 2.38. The molecule has 3 nitrogen and oxygen atoms in total. The zero-order valence-corrected chi connectivity index (χ0v) is 16.7. The van der Waals surface area contributed by atoms with Gasteiger partial charge in [-0.25, -0.2) is 4.98 Å². The fourth-order valence-electron chi connectivity index (χ4n) is 3.25. The number of hydrogen-bond acceptors (Lipinski definition) is 3. The summed E-state index contributed by atoms with van der Waals surface area (Å²) in [5, 5.41) is 0. The highest BCUT2D eigenvalue weighted by atomic mass is 19.4. The van der Waals surface area contributed by atoms with Gasteiger partial charge in [-0.05, 0) is 61.6 Å². The van der Waals surface area contributed by atoms with E-state index in [1.807, 2.05) is 54.6 Å². The summed E-state index contributed by atoms with van der Waals surface area (Å²) in [6.07, 6.45) is -2.15. The summed E-state index contributed by atoms with van der Waals surface area (Å²) in [4.78, 5) is 3.98. The summed E-state index contributed by atoms with van der Waals surface area (Å²) < 4.78 is 51.8. The molecule has 0 saturated carbocycles. The molecule has 0 bridgehead atoms. The molecule has 3 rings (SSSR count). The molecular weight excluding hydrogens is 391 g/mol. The Hall–Kier alpha value is -3.02. The van der Waals surface area contributed by atoms with Crippen molar-refractivity contribution < 1.29 is 22.6 Å². The van der Waals surface area contributed by atoms with Gasteiger partial charge >= 0.3 is 6.18 Å². The monoisotopic (exact) mass is 415 g/mol. The first kappa shape index (κ1) is 21.7. The van der Waals surface area contributed by atoms with Gasteiger partial charge in [0.1, 0.15) is 11.5 Å². The number of pyridine rings is 1. The summed E-state index contributed by atoms with van der Waals surface area (Å²) >= 11 is 0. The normalized spacial score (nSPS) is 12.4. The molecule has 0 aliphatic heterocycles. The molecule has 2 aromatic carbocycles. The van der Waals surface area contributed by atoms with Crippen molar-refractivity contribution in [2.24, 2.45) is 0 Å². The van der Waals surface area contributed by atoms with E-state index in [1.54, 1.807) is 6.92 Å². The molecule has 1 aromatic heterocycles. The van der Waals surface area contributed by atoms with Crippen molar-refractivity contribution in [2.45, 2.75) is 38.3 Å². The highest BCUT2D eigenvalue weighted by Gasteiger charge is 2.40. The lowest BCUT2D eigenvalue weighted by Crippen LogP contribution is -2.21. The molecular formula is C24H24F3NO2. The van der Waals surface area contributed by atoms with Crippen LogP contribution in [0, 0.1) is 0 Å². The van der Waals surface area contributed by atoms with E-state index in [9.17, 15) is 13.2 Å². The van der Waals surface area contributed by atoms with Crippen LogP contribution >= 0.6 is 0 Å². The maximum atomic E-state index is 13.6. The standard InChI is InChI=1S/C24H24F3NO2/c1-2-29-23-15-14-19(17-28-23)22(24(25,26)27)13-7-9-18-8-6-12-21(16-18)30-20-10-4-3-5-11-20/h3-6,8,10-12,14-17,22H,2,7,9,13H2,1H3. The second-order valence-electron chi connectivity index (χ2n) is 6.91. The van der Waals surface area contributed by atoms with E-state index in [0.29, 0.717) is 31.1 Å². The quantitative estimate of drug-likeness (QED) is 0.379. The number of benzene rings is 2. The Balaban J connectivity index is 1.62. The third-order valence-electron chi connectivity index (χ3n) is 4.68. The number of nitrogens with zero attached hydrogens (tertiary/aromatic N) is 1. The fourth-order valence-corrected chi connectivity index (χ4v) is 3.25. The SMILES string of the molecule is CCOc1ccc(C(CCCc2cccc(Oc3ccccc3)c2)C(F)(F)F)cn1. The van der Waals surface area contributed by atoms with E-state index in [0.717, 1.165) is 11.3 Å². The smallest absolute Gasteiger partial charge is 0.395 e. The average molecular weight is 415 g/mol. The van der Waals surface area contributed by atoms with Gasteiger partial charge < -0.3 is 9.47 Å². The molecule has 0 aliphatic carbocycles. The van der Waals surface area contributed by atoms with E-state index in [2.05, 4.69) is 4.98 Å². The van der Waals surface area contributed by atoms with E-state index < -0.39 is 12.1 Å². The van der Waals surface area contributed by atoms with Crippen LogP contribution in [0.1, 0.15) is 36.8 Å². The van der Waals surface area contributed by atoms with Crippen molar-refractivity contribution in [1.82, 2.24) is 4.98 Å². The first-order valence-corrected chi connectivity index (χ1v) is 9.93. The van der Waals surface area contributed by atoms with Crippen molar-refractivity contribution in [3.63, 3.8) is 0 Å². The molecule has 1 unspecified atom stereocenters. The van der Waals surface area contributed by atoms with E-state index in [1.165, 1.54) is 18.3 Å². The first-order valence-electron chi connectivity index (χ1n) is 9.93. The number of halogens is 3. The summed E-state index contributed by atoms with van der Waals surface area (Å²) in [5.41, 5.74) is 1.10. The molecule has 0 amide bonds. The minimum absolute atomic E-state index is 0.0110. The largest absolute Gasteiger partial charge is 0.478 e. The number of hydrogen-bond donors (Lipinski definition) is 0. The molecule has 0 radical (unpaired) electrons. The Labute approximate surface area is 174 Å². The zero-order valence-electron chi connectivity index (χ0n) is 16.7. The third kappa shape index (κ3) is 6.24. The van der Waals surface area contributed by atoms with Crippen molar-refractivity contribution in [2.75, 3.05) is 6.61 Å². The van der Waals surface area contributed by atoms with Gasteiger partial charge in [0.05, 0.1) is 12.5 Å². The van der Waals surface area contributed by atoms with Crippen molar-refractivity contribution >= 4 is 0 Å². The molecule has 0 spiro atoms. The molecule has 0 N–H and O–H groups in total. The predicted molar refractivity (Wildman–Crippen MR) is 110 cm³/mol. The van der Waals surface area contributed by atoms with Gasteiger partial charge in [0.15, 0.2) is 0 Å². The second kappa shape index (κ2) is 10.1. The minimum atomic E-state index is -4.33. The molecule has 6 heteroatoms. The molecule has 1 atom stereocenters. The van der Waals surface area contributed by atoms with Crippen LogP contribution in [0.5, 0.6) is 17.4 Å². The van der Waals surface area contributed by atoms with Crippen molar-refractivity contribution in [3.05, 3.63) is 84.1 Å². The van der Waals surface area contributed by atoms with Crippen molar-refractivity contribution in [1.29, 1.82) is 0 Å². The molecule has 3 aromatic rings. The van der Waals surface area contributed by atoms with Crippen LogP contribution in [-0.2, 0) is 6.42 Å². The van der Waals surface area contributed by atoms with Crippen LogP contribution in [0.2, 0.25) is 0 Å². The predicted octanol–water partition coefficient (Wildman–Crippen LogP) is 6.94. The lowest BCUT2D eigenvalue weighted by atomic mass is 9.93. The van der Waals surface area contributed by atoms with Gasteiger partial charge in [-0.1, -0.05) is 36.4 Å². The lowest BCUT2D eigenvalue weighted by molar-refractivity contribution is -0.152. The summed E-state index contributed by atoms with van der Waals surface area (Å²) in [6.45, 7) is 2.22. The topological polar surface area (TPSA) is 31.4 Å². The number of rotatable bonds is 9. The van der Waals surface area contributed by atoms with E-state index in [4.69, 9.17) is 9.47 Å². The molecule has 1 heterocycles. The lowest BCUT2D eigenvalue weighted by Gasteiger charge is -2.20. The van der Waals surface area contributed by atoms with Gasteiger partial charge in [0.25, 0.3) is 0 Å². The number of alkyl halides is 3.